The number of nitrogens with one attached hydrogen (secondary N) is 1. The molecule has 1 heterocycles. The molecule has 7 nitrogen and oxygen atoms in total. The molecule has 0 aliphatic heterocycles. The first-order valence-corrected chi connectivity index (χ1v) is 8.90. The lowest BCUT2D eigenvalue weighted by Gasteiger charge is -2.11. The summed E-state index contributed by atoms with van der Waals surface area (Å²) in [5.41, 5.74) is 1.45. The zero-order valence-corrected chi connectivity index (χ0v) is 13.6. The normalized spacial score (nSPS) is 11.2. The molecule has 0 bridgehead atoms. The van der Waals surface area contributed by atoms with Gasteiger partial charge in [-0.3, -0.25) is 4.79 Å². The second kappa shape index (κ2) is 6.25. The van der Waals surface area contributed by atoms with Gasteiger partial charge in [-0.05, 0) is 30.3 Å². The molecule has 0 aliphatic rings. The van der Waals surface area contributed by atoms with Gasteiger partial charge in [-0.1, -0.05) is 18.2 Å². The molecule has 24 heavy (non-hydrogen) atoms. The first-order chi connectivity index (χ1) is 11.4. The van der Waals surface area contributed by atoms with Crippen molar-refractivity contribution in [3.63, 3.8) is 0 Å². The number of anilines is 1. The summed E-state index contributed by atoms with van der Waals surface area (Å²) in [7, 11) is -3.38. The molecule has 2 aromatic carbocycles. The maximum Gasteiger partial charge on any atom is 0.255 e. The number of hydrogen-bond donors (Lipinski definition) is 1. The van der Waals surface area contributed by atoms with Crippen molar-refractivity contribution in [1.82, 2.24) is 14.8 Å². The number of amides is 1. The number of nitrogens with zero attached hydrogens (tertiary/aromatic N) is 3. The van der Waals surface area contributed by atoms with E-state index in [4.69, 9.17) is 0 Å². The van der Waals surface area contributed by atoms with E-state index >= 15 is 0 Å². The lowest BCUT2D eigenvalue weighted by Crippen LogP contribution is -2.14. The van der Waals surface area contributed by atoms with Crippen LogP contribution in [-0.2, 0) is 9.84 Å². The zero-order chi connectivity index (χ0) is 17.2. The van der Waals surface area contributed by atoms with E-state index in [1.807, 2.05) is 6.07 Å². The molecule has 3 aromatic rings. The molecule has 0 unspecified atom stereocenters. The number of carbonyl (C=O) groups excluding carboxylic acids is 1. The molecule has 0 saturated carbocycles. The molecule has 122 valence electrons. The van der Waals surface area contributed by atoms with Gasteiger partial charge in [-0.25, -0.2) is 18.1 Å². The standard InChI is InChI=1S/C16H14N4O3S/c1-24(22,23)13-6-4-5-12(9-13)16(21)19-14-7-2-3-8-15(14)20-11-17-10-18-20/h2-11H,1H3,(H,19,21). The maximum atomic E-state index is 12.5. The number of sulfone groups is 1. The molecule has 0 aliphatic carbocycles. The van der Waals surface area contributed by atoms with E-state index in [1.165, 1.54) is 35.5 Å². The molecular weight excluding hydrogens is 328 g/mol. The highest BCUT2D eigenvalue weighted by Crippen LogP contribution is 2.20. The fraction of sp³-hybridized carbons (Fsp3) is 0.0625. The average molecular weight is 342 g/mol. The van der Waals surface area contributed by atoms with Gasteiger partial charge in [0, 0.05) is 11.8 Å². The highest BCUT2D eigenvalue weighted by molar-refractivity contribution is 7.90. The third-order valence-electron chi connectivity index (χ3n) is 3.34. The van der Waals surface area contributed by atoms with E-state index in [1.54, 1.807) is 24.3 Å². The molecule has 0 spiro atoms. The summed E-state index contributed by atoms with van der Waals surface area (Å²) in [6, 6.07) is 13.0. The second-order valence-electron chi connectivity index (χ2n) is 5.11. The van der Waals surface area contributed by atoms with Gasteiger partial charge in [0.15, 0.2) is 9.84 Å². The Balaban J connectivity index is 1.92. The van der Waals surface area contributed by atoms with Crippen LogP contribution in [0.4, 0.5) is 5.69 Å². The number of aromatic nitrogens is 3. The van der Waals surface area contributed by atoms with Gasteiger partial charge < -0.3 is 5.32 Å². The van der Waals surface area contributed by atoms with Crippen molar-refractivity contribution in [2.75, 3.05) is 11.6 Å². The molecule has 0 saturated heterocycles. The number of hydrogen-bond acceptors (Lipinski definition) is 5. The number of benzene rings is 2. The molecule has 0 atom stereocenters. The highest BCUT2D eigenvalue weighted by Gasteiger charge is 2.13. The van der Waals surface area contributed by atoms with Crippen molar-refractivity contribution >= 4 is 21.4 Å². The summed E-state index contributed by atoms with van der Waals surface area (Å²) in [4.78, 5) is 16.4. The summed E-state index contributed by atoms with van der Waals surface area (Å²) in [5, 5.41) is 6.82. The van der Waals surface area contributed by atoms with Gasteiger partial charge in [0.2, 0.25) is 0 Å². The van der Waals surface area contributed by atoms with Crippen molar-refractivity contribution in [3.05, 3.63) is 66.7 Å². The van der Waals surface area contributed by atoms with Gasteiger partial charge >= 0.3 is 0 Å². The van der Waals surface area contributed by atoms with Crippen LogP contribution in [0, 0.1) is 0 Å². The van der Waals surface area contributed by atoms with E-state index in [2.05, 4.69) is 15.4 Å². The third kappa shape index (κ3) is 3.33. The minimum atomic E-state index is -3.38. The van der Waals surface area contributed by atoms with Gasteiger partial charge in [0.25, 0.3) is 5.91 Å². The molecular formula is C16H14N4O3S. The van der Waals surface area contributed by atoms with Crippen molar-refractivity contribution in [3.8, 4) is 5.69 Å². The topological polar surface area (TPSA) is 94.0 Å². The Hall–Kier alpha value is -3.00. The fourth-order valence-electron chi connectivity index (χ4n) is 2.17. The number of para-hydroxylation sites is 2. The molecule has 1 aromatic heterocycles. The van der Waals surface area contributed by atoms with Crippen molar-refractivity contribution < 1.29 is 13.2 Å². The fourth-order valence-corrected chi connectivity index (χ4v) is 2.84. The first-order valence-electron chi connectivity index (χ1n) is 7.00. The highest BCUT2D eigenvalue weighted by atomic mass is 32.2. The van der Waals surface area contributed by atoms with Crippen LogP contribution in [0.25, 0.3) is 5.69 Å². The summed E-state index contributed by atoms with van der Waals surface area (Å²) < 4.78 is 24.8. The molecule has 8 heteroatoms. The first kappa shape index (κ1) is 15.9. The van der Waals surface area contributed by atoms with Crippen LogP contribution in [0.1, 0.15) is 10.4 Å². The minimum Gasteiger partial charge on any atom is -0.320 e. The van der Waals surface area contributed by atoms with Crippen LogP contribution in [0.5, 0.6) is 0 Å². The quantitative estimate of drug-likeness (QED) is 0.782. The van der Waals surface area contributed by atoms with Gasteiger partial charge in [-0.15, -0.1) is 0 Å². The maximum absolute atomic E-state index is 12.5. The van der Waals surface area contributed by atoms with Gasteiger partial charge in [0.1, 0.15) is 12.7 Å². The van der Waals surface area contributed by atoms with Crippen LogP contribution in [0.3, 0.4) is 0 Å². The van der Waals surface area contributed by atoms with E-state index in [0.717, 1.165) is 6.26 Å². The lowest BCUT2D eigenvalue weighted by atomic mass is 10.2. The lowest BCUT2D eigenvalue weighted by molar-refractivity contribution is 0.102. The average Bonchev–Trinajstić information content (AvgIpc) is 3.09. The SMILES string of the molecule is CS(=O)(=O)c1cccc(C(=O)Nc2ccccc2-n2cncn2)c1. The van der Waals surface area contributed by atoms with Crippen LogP contribution in [0.15, 0.2) is 66.1 Å². The Bertz CT molecular complexity index is 982. The molecule has 3 rings (SSSR count). The predicted molar refractivity (Wildman–Crippen MR) is 88.9 cm³/mol. The van der Waals surface area contributed by atoms with Crippen molar-refractivity contribution in [2.24, 2.45) is 0 Å². The zero-order valence-electron chi connectivity index (χ0n) is 12.7. The number of carbonyl (C=O) groups is 1. The van der Waals surface area contributed by atoms with E-state index in [9.17, 15) is 13.2 Å². The van der Waals surface area contributed by atoms with Crippen molar-refractivity contribution in [1.29, 1.82) is 0 Å². The monoisotopic (exact) mass is 342 g/mol. The molecule has 0 fully saturated rings. The van der Waals surface area contributed by atoms with Crippen LogP contribution >= 0.6 is 0 Å². The molecule has 0 radical (unpaired) electrons. The predicted octanol–water partition coefficient (Wildman–Crippen LogP) is 1.92. The number of rotatable bonds is 4. The summed E-state index contributed by atoms with van der Waals surface area (Å²) in [5.74, 6) is -0.409. The third-order valence-corrected chi connectivity index (χ3v) is 4.45. The smallest absolute Gasteiger partial charge is 0.255 e. The van der Waals surface area contributed by atoms with E-state index < -0.39 is 15.7 Å². The second-order valence-corrected chi connectivity index (χ2v) is 7.13. The van der Waals surface area contributed by atoms with Crippen LogP contribution in [0.2, 0.25) is 0 Å². The minimum absolute atomic E-state index is 0.0970. The van der Waals surface area contributed by atoms with Gasteiger partial charge in [-0.2, -0.15) is 5.10 Å². The largest absolute Gasteiger partial charge is 0.320 e. The Morgan fingerprint density at radius 1 is 1.12 bits per heavy atom. The summed E-state index contributed by atoms with van der Waals surface area (Å²) in [6.45, 7) is 0. The summed E-state index contributed by atoms with van der Waals surface area (Å²) >= 11 is 0. The Labute approximate surface area is 138 Å². The Kier molecular flexibility index (Phi) is 4.13. The summed E-state index contributed by atoms with van der Waals surface area (Å²) in [6.07, 6.45) is 4.02. The van der Waals surface area contributed by atoms with E-state index in [0.29, 0.717) is 11.4 Å². The van der Waals surface area contributed by atoms with Crippen molar-refractivity contribution in [2.45, 2.75) is 4.90 Å². The van der Waals surface area contributed by atoms with Gasteiger partial charge in [0.05, 0.1) is 16.3 Å². The van der Waals surface area contributed by atoms with E-state index in [-0.39, 0.29) is 10.5 Å². The van der Waals surface area contributed by atoms with Crippen LogP contribution < -0.4 is 5.32 Å². The Morgan fingerprint density at radius 3 is 2.62 bits per heavy atom. The molecule has 1 amide bonds. The van der Waals surface area contributed by atoms with Crippen LogP contribution in [-0.4, -0.2) is 35.3 Å². The molecule has 1 N–H and O–H groups in total. The Morgan fingerprint density at radius 2 is 1.92 bits per heavy atom.